The molecule has 0 atom stereocenters. The van der Waals surface area contributed by atoms with E-state index in [1.807, 2.05) is 0 Å². The molecule has 0 spiro atoms. The fourth-order valence-electron chi connectivity index (χ4n) is 0. The molecule has 28 valence electrons. The number of nitrogens with zero attached hydrogens (tertiary/aromatic N) is 1. The molecule has 3 nitrogen and oxygen atoms in total. The summed E-state index contributed by atoms with van der Waals surface area (Å²) in [6.45, 7) is 0. The van der Waals surface area contributed by atoms with Crippen molar-refractivity contribution in [3.05, 3.63) is 0 Å². The topological polar surface area (TPSA) is 55.5 Å². The number of hydrogen-bond acceptors (Lipinski definition) is 1. The molecule has 0 saturated carbocycles. The van der Waals surface area contributed by atoms with Gasteiger partial charge in [-0.15, -0.1) is 0 Å². The van der Waals surface area contributed by atoms with Crippen molar-refractivity contribution in [3.8, 4) is 0 Å². The molecule has 0 fully saturated rings. The second-order valence-electron chi connectivity index (χ2n) is 0.450. The molecule has 5 heavy (non-hydrogen) atoms. The summed E-state index contributed by atoms with van der Waals surface area (Å²) in [5.41, 5.74) is 4.44. The van der Waals surface area contributed by atoms with Crippen LogP contribution in [0.4, 0.5) is 4.79 Å². The van der Waals surface area contributed by atoms with E-state index in [4.69, 9.17) is 0 Å². The lowest BCUT2D eigenvalue weighted by Crippen LogP contribution is -2.00. The molecule has 0 unspecified atom stereocenters. The van der Waals surface area contributed by atoms with Crippen molar-refractivity contribution in [2.24, 2.45) is 10.5 Å². The van der Waals surface area contributed by atoms with Crippen molar-refractivity contribution in [1.82, 2.24) is 0 Å². The number of primary amides is 1. The summed E-state index contributed by atoms with van der Waals surface area (Å²) < 4.78 is 2.83. The van der Waals surface area contributed by atoms with Crippen LogP contribution >= 0.6 is 9.03 Å². The molecule has 0 bridgehead atoms. The van der Waals surface area contributed by atoms with E-state index < -0.39 is 6.03 Å². The van der Waals surface area contributed by atoms with E-state index in [1.54, 1.807) is 0 Å². The number of rotatable bonds is 0. The van der Waals surface area contributed by atoms with Gasteiger partial charge in [-0.05, 0) is 9.03 Å². The quantitative estimate of drug-likeness (QED) is 0.430. The SMILES string of the molecule is NC(=O)N=P. The van der Waals surface area contributed by atoms with Crippen LogP contribution in [0.2, 0.25) is 0 Å². The molecule has 0 aliphatic rings. The van der Waals surface area contributed by atoms with Crippen LogP contribution in [0.3, 0.4) is 0 Å². The summed E-state index contributed by atoms with van der Waals surface area (Å²) in [4.78, 5) is 9.38. The highest BCUT2D eigenvalue weighted by Gasteiger charge is 1.71. The van der Waals surface area contributed by atoms with Crippen LogP contribution in [0.15, 0.2) is 4.74 Å². The third-order valence-electron chi connectivity index (χ3n) is 0.110. The third-order valence-corrected chi connectivity index (χ3v) is 0.331. The second-order valence-corrected chi connectivity index (χ2v) is 0.674. The monoisotopic (exact) mass is 90.0 g/mol. The Kier molecular flexibility index (Phi) is 1.69. The largest absolute Gasteiger partial charge is 0.349 e. The van der Waals surface area contributed by atoms with Gasteiger partial charge in [-0.25, -0.2) is 4.79 Å². The fourth-order valence-corrected chi connectivity index (χ4v) is 0. The molecule has 0 heterocycles. The van der Waals surface area contributed by atoms with Crippen LogP contribution in [0.5, 0.6) is 0 Å². The predicted octanol–water partition coefficient (Wildman–Crippen LogP) is 0.392. The van der Waals surface area contributed by atoms with Crippen molar-refractivity contribution in [2.45, 2.75) is 0 Å². The lowest BCUT2D eigenvalue weighted by atomic mass is 11.2. The molecule has 0 aliphatic heterocycles. The van der Waals surface area contributed by atoms with Crippen LogP contribution in [0.1, 0.15) is 0 Å². The van der Waals surface area contributed by atoms with Gasteiger partial charge in [-0.2, -0.15) is 4.74 Å². The molecule has 0 rings (SSSR count). The van der Waals surface area contributed by atoms with Gasteiger partial charge in [0.2, 0.25) is 0 Å². The Morgan fingerprint density at radius 2 is 2.20 bits per heavy atom. The Hall–Kier alpha value is -0.430. The van der Waals surface area contributed by atoms with Gasteiger partial charge in [0.1, 0.15) is 0 Å². The molecule has 4 heteroatoms. The highest BCUT2D eigenvalue weighted by Crippen LogP contribution is 1.67. The Labute approximate surface area is 31.5 Å². The van der Waals surface area contributed by atoms with E-state index in [0.29, 0.717) is 0 Å². The van der Waals surface area contributed by atoms with Crippen molar-refractivity contribution >= 4 is 15.1 Å². The van der Waals surface area contributed by atoms with Gasteiger partial charge in [0, 0.05) is 0 Å². The van der Waals surface area contributed by atoms with Crippen LogP contribution in [0.25, 0.3) is 0 Å². The minimum atomic E-state index is -0.707. The average Bonchev–Trinajstić information content (AvgIpc) is 1.38. The Morgan fingerprint density at radius 1 is 2.00 bits per heavy atom. The molecular weight excluding hydrogens is 87.0 g/mol. The van der Waals surface area contributed by atoms with Crippen LogP contribution in [0, 0.1) is 0 Å². The van der Waals surface area contributed by atoms with E-state index >= 15 is 0 Å². The Bertz CT molecular complexity index is 60.7. The Balaban J connectivity index is 3.20. The van der Waals surface area contributed by atoms with Crippen molar-refractivity contribution < 1.29 is 4.79 Å². The number of hydrogen-bond donors (Lipinski definition) is 1. The first kappa shape index (κ1) is 4.57. The van der Waals surface area contributed by atoms with Gasteiger partial charge in [0.25, 0.3) is 0 Å². The first-order chi connectivity index (χ1) is 2.27. The first-order valence-electron chi connectivity index (χ1n) is 0.940. The number of carbonyl (C=O) groups is 1. The van der Waals surface area contributed by atoms with E-state index in [0.717, 1.165) is 0 Å². The number of amides is 2. The normalized spacial score (nSPS) is 6.40. The van der Waals surface area contributed by atoms with Gasteiger partial charge in [0.15, 0.2) is 0 Å². The van der Waals surface area contributed by atoms with Crippen LogP contribution in [-0.4, -0.2) is 6.03 Å². The highest BCUT2D eigenvalue weighted by molar-refractivity contribution is 7.04. The lowest BCUT2D eigenvalue weighted by molar-refractivity contribution is 0.257. The van der Waals surface area contributed by atoms with Crippen LogP contribution in [-0.2, 0) is 0 Å². The maximum absolute atomic E-state index is 9.38. The molecule has 0 aromatic heterocycles. The molecular formula is CH3N2OP. The zero-order chi connectivity index (χ0) is 4.28. The number of nitrogens with two attached hydrogens (primary N) is 1. The summed E-state index contributed by atoms with van der Waals surface area (Å²) in [7, 11) is 2.51. The predicted molar refractivity (Wildman–Crippen MR) is 20.3 cm³/mol. The Morgan fingerprint density at radius 3 is 2.20 bits per heavy atom. The summed E-state index contributed by atoms with van der Waals surface area (Å²) in [6.07, 6.45) is 0. The van der Waals surface area contributed by atoms with E-state index in [9.17, 15) is 4.79 Å². The zero-order valence-corrected chi connectivity index (χ0v) is 3.43. The average molecular weight is 90.0 g/mol. The van der Waals surface area contributed by atoms with Crippen molar-refractivity contribution in [3.63, 3.8) is 0 Å². The summed E-state index contributed by atoms with van der Waals surface area (Å²) in [5.74, 6) is 0. The molecule has 0 aromatic carbocycles. The minimum Gasteiger partial charge on any atom is -0.349 e. The first-order valence-corrected chi connectivity index (χ1v) is 1.39. The highest BCUT2D eigenvalue weighted by atomic mass is 31.0. The van der Waals surface area contributed by atoms with Gasteiger partial charge in [0.05, 0.1) is 0 Å². The van der Waals surface area contributed by atoms with Crippen molar-refractivity contribution in [2.75, 3.05) is 0 Å². The summed E-state index contributed by atoms with van der Waals surface area (Å²) in [6, 6.07) is -0.707. The minimum absolute atomic E-state index is 0.707. The molecule has 0 aromatic rings. The third kappa shape index (κ3) is 3.57. The fraction of sp³-hybridized carbons (Fsp3) is 0. The molecule has 2 amide bonds. The lowest BCUT2D eigenvalue weighted by Gasteiger charge is -1.65. The van der Waals surface area contributed by atoms with Crippen molar-refractivity contribution in [1.29, 1.82) is 0 Å². The smallest absolute Gasteiger partial charge is 0.341 e. The van der Waals surface area contributed by atoms with Gasteiger partial charge < -0.3 is 5.73 Å². The summed E-state index contributed by atoms with van der Waals surface area (Å²) in [5, 5.41) is 0. The molecule has 2 N–H and O–H groups in total. The van der Waals surface area contributed by atoms with E-state index in [2.05, 4.69) is 19.5 Å². The van der Waals surface area contributed by atoms with Gasteiger partial charge in [-0.1, -0.05) is 0 Å². The maximum Gasteiger partial charge on any atom is 0.341 e. The number of urea groups is 1. The molecule has 0 radical (unpaired) electrons. The molecule has 0 aliphatic carbocycles. The second kappa shape index (κ2) is 1.85. The summed E-state index contributed by atoms with van der Waals surface area (Å²) >= 11 is 0. The van der Waals surface area contributed by atoms with E-state index in [1.165, 1.54) is 0 Å². The van der Waals surface area contributed by atoms with Gasteiger partial charge in [-0.3, -0.25) is 0 Å². The maximum atomic E-state index is 9.38. The van der Waals surface area contributed by atoms with Crippen LogP contribution < -0.4 is 5.73 Å². The van der Waals surface area contributed by atoms with E-state index in [-0.39, 0.29) is 0 Å². The zero-order valence-electron chi connectivity index (χ0n) is 2.43. The van der Waals surface area contributed by atoms with Gasteiger partial charge >= 0.3 is 6.03 Å². The standard InChI is InChI=1S/CH3N2OP/c2-1(4)3-5/h5H,(H2,2,4). The number of carbonyl (C=O) groups excluding carboxylic acids is 1. The molecule has 0 saturated heterocycles.